The second-order valence-electron chi connectivity index (χ2n) is 14.7. The van der Waals surface area contributed by atoms with E-state index >= 15 is 0 Å². The Kier molecular flexibility index (Phi) is 8.56. The Morgan fingerprint density at radius 2 is 1.98 bits per heavy atom. The number of fused-ring (bicyclic) bond motifs is 5. The van der Waals surface area contributed by atoms with Gasteiger partial charge in [0, 0.05) is 74.1 Å². The van der Waals surface area contributed by atoms with Crippen LogP contribution in [0.25, 0.3) is 27.2 Å². The van der Waals surface area contributed by atoms with E-state index in [0.29, 0.717) is 40.6 Å². The summed E-state index contributed by atoms with van der Waals surface area (Å²) in [5.41, 5.74) is 0.255. The van der Waals surface area contributed by atoms with Gasteiger partial charge >= 0.3 is 6.09 Å². The summed E-state index contributed by atoms with van der Waals surface area (Å²) in [4.78, 5) is 35.6. The number of amides is 1. The molecule has 4 fully saturated rings. The van der Waals surface area contributed by atoms with Crippen LogP contribution < -0.4 is 20.9 Å². The number of aromatic nitrogens is 3. The van der Waals surface area contributed by atoms with Crippen molar-refractivity contribution in [2.24, 2.45) is 0 Å². The first kappa shape index (κ1) is 33.4. The zero-order valence-corrected chi connectivity index (χ0v) is 28.8. The predicted octanol–water partition coefficient (Wildman–Crippen LogP) is 3.64. The summed E-state index contributed by atoms with van der Waals surface area (Å²) in [6.45, 7) is 3.31. The molecule has 2 unspecified atom stereocenters. The topological polar surface area (TPSA) is 134 Å². The van der Waals surface area contributed by atoms with E-state index < -0.39 is 11.4 Å². The van der Waals surface area contributed by atoms with Crippen molar-refractivity contribution in [2.75, 3.05) is 46.9 Å². The molecule has 51 heavy (non-hydrogen) atoms. The molecule has 0 aliphatic carbocycles. The van der Waals surface area contributed by atoms with Gasteiger partial charge in [0.1, 0.15) is 24.8 Å². The summed E-state index contributed by atoms with van der Waals surface area (Å²) in [6, 6.07) is 7.96. The Morgan fingerprint density at radius 3 is 2.75 bits per heavy atom. The quantitative estimate of drug-likeness (QED) is 0.246. The molecule has 4 saturated heterocycles. The molecule has 6 heterocycles. The molecule has 2 aromatic heterocycles. The Balaban J connectivity index is 1.19. The highest BCUT2D eigenvalue weighted by Gasteiger charge is 2.50. The molecule has 2 aromatic carbocycles. The average Bonchev–Trinajstić information content (AvgIpc) is 3.69. The van der Waals surface area contributed by atoms with Crippen LogP contribution in [0.3, 0.4) is 0 Å². The van der Waals surface area contributed by atoms with Crippen molar-refractivity contribution in [3.63, 3.8) is 0 Å². The molecule has 13 heteroatoms. The number of piperidine rings is 1. The molecule has 266 valence electrons. The minimum absolute atomic E-state index is 0.0164. The van der Waals surface area contributed by atoms with Crippen LogP contribution in [0.4, 0.5) is 9.18 Å². The lowest BCUT2D eigenvalue weighted by molar-refractivity contribution is 0.0493. The zero-order valence-electron chi connectivity index (χ0n) is 28.8. The third-order valence-electron chi connectivity index (χ3n) is 11.3. The minimum atomic E-state index is -0.607. The first-order valence-corrected chi connectivity index (χ1v) is 17.7. The Bertz CT molecular complexity index is 2120. The van der Waals surface area contributed by atoms with E-state index in [1.807, 2.05) is 0 Å². The van der Waals surface area contributed by atoms with E-state index in [0.717, 1.165) is 63.9 Å². The Labute approximate surface area is 294 Å². The summed E-state index contributed by atoms with van der Waals surface area (Å²) >= 11 is 0. The minimum Gasteiger partial charge on any atom is -0.508 e. The number of carbonyl (C=O) groups is 1. The monoisotopic (exact) mass is 695 g/mol. The van der Waals surface area contributed by atoms with E-state index in [-0.39, 0.29) is 52.7 Å². The molecule has 8 rings (SSSR count). The molecule has 4 aromatic rings. The predicted molar refractivity (Wildman–Crippen MR) is 190 cm³/mol. The lowest BCUT2D eigenvalue weighted by Gasteiger charge is -2.40. The van der Waals surface area contributed by atoms with Crippen LogP contribution in [0, 0.1) is 18.2 Å². The van der Waals surface area contributed by atoms with E-state index in [1.165, 1.54) is 33.8 Å². The molecule has 2 bridgehead atoms. The van der Waals surface area contributed by atoms with Crippen LogP contribution in [-0.4, -0.2) is 106 Å². The molecule has 4 atom stereocenters. The molecule has 1 amide bonds. The van der Waals surface area contributed by atoms with Gasteiger partial charge in [-0.1, -0.05) is 12.0 Å². The van der Waals surface area contributed by atoms with Crippen molar-refractivity contribution in [1.29, 1.82) is 0 Å². The summed E-state index contributed by atoms with van der Waals surface area (Å²) in [5.74, 6) is 2.12. The van der Waals surface area contributed by atoms with Gasteiger partial charge in [-0.15, -0.1) is 6.42 Å². The van der Waals surface area contributed by atoms with Gasteiger partial charge in [-0.25, -0.2) is 14.2 Å². The summed E-state index contributed by atoms with van der Waals surface area (Å²) < 4.78 is 28.3. The number of aromatic hydroxyl groups is 1. The average molecular weight is 696 g/mol. The number of hydrogen-bond donors (Lipinski definition) is 3. The molecular weight excluding hydrogens is 653 g/mol. The van der Waals surface area contributed by atoms with E-state index in [4.69, 9.17) is 20.9 Å². The van der Waals surface area contributed by atoms with E-state index in [2.05, 4.69) is 26.6 Å². The van der Waals surface area contributed by atoms with Gasteiger partial charge in [0.2, 0.25) is 5.88 Å². The fourth-order valence-electron chi connectivity index (χ4n) is 8.90. The molecule has 0 radical (unpaired) electrons. The maximum absolute atomic E-state index is 14.9. The maximum Gasteiger partial charge on any atom is 0.409 e. The standard InChI is InChI=1S/C38H42FN7O5/c1-4-28-31(39)7-6-22-14-27(47)15-32(34(22)28)46-36(48)29-16-33(43-35(30(29)19-41-46)23-12-24-17-40-18-25(13-23)42-24)51-21-38-9-5-11-45(38)26(8-10-38)20-50-37(49)44(2)3/h1,6-7,14-16,19,23-26,40,42,47H,5,8-13,17-18,20-21H2,2-3H3/t23?,24?,25?,26-,38-/m1/s1. The fraction of sp³-hybridized carbons (Fsp3) is 0.474. The van der Waals surface area contributed by atoms with Crippen molar-refractivity contribution in [2.45, 2.75) is 68.1 Å². The highest BCUT2D eigenvalue weighted by atomic mass is 19.1. The summed E-state index contributed by atoms with van der Waals surface area (Å²) in [6.07, 6.45) is 12.5. The zero-order chi connectivity index (χ0) is 35.4. The number of carbonyl (C=O) groups excluding carboxylic acids is 1. The third kappa shape index (κ3) is 5.95. The number of benzene rings is 2. The number of phenols is 1. The second-order valence-corrected chi connectivity index (χ2v) is 14.7. The van der Waals surface area contributed by atoms with Crippen LogP contribution in [0.15, 0.2) is 41.3 Å². The van der Waals surface area contributed by atoms with Crippen LogP contribution in [-0.2, 0) is 4.74 Å². The van der Waals surface area contributed by atoms with Crippen molar-refractivity contribution in [3.05, 3.63) is 64.0 Å². The Morgan fingerprint density at radius 1 is 1.18 bits per heavy atom. The van der Waals surface area contributed by atoms with E-state index in [1.54, 1.807) is 26.4 Å². The molecule has 12 nitrogen and oxygen atoms in total. The summed E-state index contributed by atoms with van der Waals surface area (Å²) in [7, 11) is 3.35. The number of phenolic OH excluding ortho intramolecular Hbond substituents is 1. The van der Waals surface area contributed by atoms with Gasteiger partial charge in [-0.05, 0) is 62.6 Å². The fourth-order valence-corrected chi connectivity index (χ4v) is 8.90. The molecule has 3 N–H and O–H groups in total. The van der Waals surface area contributed by atoms with Crippen LogP contribution >= 0.6 is 0 Å². The van der Waals surface area contributed by atoms with Crippen LogP contribution in [0.2, 0.25) is 0 Å². The lowest BCUT2D eigenvalue weighted by Crippen LogP contribution is -2.58. The van der Waals surface area contributed by atoms with E-state index in [9.17, 15) is 19.1 Å². The number of rotatable bonds is 7. The lowest BCUT2D eigenvalue weighted by atomic mass is 9.82. The second kappa shape index (κ2) is 13.1. The van der Waals surface area contributed by atoms with Gasteiger partial charge in [0.15, 0.2) is 0 Å². The molecular formula is C38H42FN7O5. The SMILES string of the molecule is C#Cc1c(F)ccc2cc(O)cc(-n3ncc4c(C5CC6CNCC(C5)N6)nc(OC[C@]56CCCN5[C@@H](COC(=O)N(C)C)CC6)cc4c3=O)c12. The number of nitrogens with zero attached hydrogens (tertiary/aromatic N) is 5. The maximum atomic E-state index is 14.9. The van der Waals surface area contributed by atoms with Crippen molar-refractivity contribution in [1.82, 2.24) is 35.2 Å². The third-order valence-corrected chi connectivity index (χ3v) is 11.3. The molecule has 4 aliphatic heterocycles. The van der Waals surface area contributed by atoms with Crippen molar-refractivity contribution in [3.8, 4) is 29.7 Å². The van der Waals surface area contributed by atoms with Crippen molar-refractivity contribution >= 4 is 27.6 Å². The van der Waals surface area contributed by atoms with Crippen LogP contribution in [0.5, 0.6) is 11.6 Å². The number of terminal acetylenes is 1. The van der Waals surface area contributed by atoms with Gasteiger partial charge in [0.25, 0.3) is 5.56 Å². The Hall–Kier alpha value is -4.77. The molecule has 0 saturated carbocycles. The highest BCUT2D eigenvalue weighted by Crippen LogP contribution is 2.43. The van der Waals surface area contributed by atoms with Gasteiger partial charge < -0.3 is 30.1 Å². The molecule has 4 aliphatic rings. The van der Waals surface area contributed by atoms with Gasteiger partial charge in [-0.3, -0.25) is 9.69 Å². The smallest absolute Gasteiger partial charge is 0.409 e. The number of pyridine rings is 1. The largest absolute Gasteiger partial charge is 0.508 e. The number of hydrogen-bond acceptors (Lipinski definition) is 10. The first-order chi connectivity index (χ1) is 24.6. The number of piperazine rings is 1. The first-order valence-electron chi connectivity index (χ1n) is 17.7. The summed E-state index contributed by atoms with van der Waals surface area (Å²) in [5, 5.41) is 24.2. The normalized spacial score (nSPS) is 25.8. The van der Waals surface area contributed by atoms with Gasteiger partial charge in [-0.2, -0.15) is 9.78 Å². The number of halogens is 1. The molecule has 0 spiro atoms. The number of ether oxygens (including phenoxy) is 2. The van der Waals surface area contributed by atoms with Crippen molar-refractivity contribution < 1.29 is 23.8 Å². The number of nitrogens with one attached hydrogen (secondary N) is 2. The highest BCUT2D eigenvalue weighted by molar-refractivity contribution is 5.96. The van der Waals surface area contributed by atoms with Crippen LogP contribution in [0.1, 0.15) is 55.7 Å². The van der Waals surface area contributed by atoms with Gasteiger partial charge in [0.05, 0.1) is 34.1 Å².